The van der Waals surface area contributed by atoms with Gasteiger partial charge in [-0.2, -0.15) is 0 Å². The zero-order valence-electron chi connectivity index (χ0n) is 10.3. The van der Waals surface area contributed by atoms with Crippen LogP contribution in [0.1, 0.15) is 12.5 Å². The Bertz CT molecular complexity index is 395. The second kappa shape index (κ2) is 5.10. The minimum atomic E-state index is -0.516. The Morgan fingerprint density at radius 2 is 2.06 bits per heavy atom. The standard InChI is InChI=1S/C13H18F2N2/c1-10-8-17(6-5-16(10)2)9-11-3-4-12(14)7-13(11)15/h3-4,7,10H,5-6,8-9H2,1-2H3. The molecule has 1 aliphatic heterocycles. The predicted molar refractivity (Wildman–Crippen MR) is 63.7 cm³/mol. The van der Waals surface area contributed by atoms with Crippen molar-refractivity contribution in [1.82, 2.24) is 9.80 Å². The minimum Gasteiger partial charge on any atom is -0.301 e. The smallest absolute Gasteiger partial charge is 0.130 e. The van der Waals surface area contributed by atoms with E-state index in [9.17, 15) is 8.78 Å². The van der Waals surface area contributed by atoms with E-state index in [4.69, 9.17) is 0 Å². The van der Waals surface area contributed by atoms with Crippen molar-refractivity contribution < 1.29 is 8.78 Å². The average Bonchev–Trinajstić information content (AvgIpc) is 2.27. The molecule has 4 heteroatoms. The molecule has 1 aliphatic rings. The summed E-state index contributed by atoms with van der Waals surface area (Å²) in [4.78, 5) is 4.50. The molecule has 2 rings (SSSR count). The van der Waals surface area contributed by atoms with Gasteiger partial charge < -0.3 is 4.90 Å². The van der Waals surface area contributed by atoms with E-state index in [1.165, 1.54) is 12.1 Å². The van der Waals surface area contributed by atoms with Gasteiger partial charge in [0.25, 0.3) is 0 Å². The molecular formula is C13H18F2N2. The summed E-state index contributed by atoms with van der Waals surface area (Å²) >= 11 is 0. The fourth-order valence-corrected chi connectivity index (χ4v) is 2.16. The first-order valence-electron chi connectivity index (χ1n) is 5.93. The topological polar surface area (TPSA) is 6.48 Å². The van der Waals surface area contributed by atoms with Gasteiger partial charge in [0, 0.05) is 43.9 Å². The van der Waals surface area contributed by atoms with Crippen LogP contribution >= 0.6 is 0 Å². The number of rotatable bonds is 2. The zero-order valence-corrected chi connectivity index (χ0v) is 10.3. The maximum absolute atomic E-state index is 13.5. The van der Waals surface area contributed by atoms with E-state index >= 15 is 0 Å². The molecule has 1 heterocycles. The summed E-state index contributed by atoms with van der Waals surface area (Å²) < 4.78 is 26.3. The van der Waals surface area contributed by atoms with Crippen molar-refractivity contribution in [3.8, 4) is 0 Å². The quantitative estimate of drug-likeness (QED) is 0.781. The Kier molecular flexibility index (Phi) is 3.74. The molecule has 17 heavy (non-hydrogen) atoms. The van der Waals surface area contributed by atoms with Crippen LogP contribution in [0.5, 0.6) is 0 Å². The second-order valence-electron chi connectivity index (χ2n) is 4.80. The predicted octanol–water partition coefficient (Wildman–Crippen LogP) is 2.10. The van der Waals surface area contributed by atoms with E-state index < -0.39 is 11.6 Å². The van der Waals surface area contributed by atoms with E-state index in [1.54, 1.807) is 0 Å². The fourth-order valence-electron chi connectivity index (χ4n) is 2.16. The van der Waals surface area contributed by atoms with Crippen molar-refractivity contribution in [1.29, 1.82) is 0 Å². The zero-order chi connectivity index (χ0) is 12.4. The Hall–Kier alpha value is -1.00. The molecule has 0 aromatic heterocycles. The summed E-state index contributed by atoms with van der Waals surface area (Å²) in [6.07, 6.45) is 0. The van der Waals surface area contributed by atoms with E-state index in [0.29, 0.717) is 18.2 Å². The van der Waals surface area contributed by atoms with Gasteiger partial charge in [0.15, 0.2) is 0 Å². The third-order valence-corrected chi connectivity index (χ3v) is 3.45. The SMILES string of the molecule is CC1CN(Cc2ccc(F)cc2F)CCN1C. The third-order valence-electron chi connectivity index (χ3n) is 3.45. The van der Waals surface area contributed by atoms with Crippen molar-refractivity contribution in [3.05, 3.63) is 35.4 Å². The number of halogens is 2. The molecule has 2 nitrogen and oxygen atoms in total. The molecule has 1 saturated heterocycles. The third kappa shape index (κ3) is 3.01. The summed E-state index contributed by atoms with van der Waals surface area (Å²) in [6.45, 7) is 5.56. The first kappa shape index (κ1) is 12.5. The van der Waals surface area contributed by atoms with Crippen molar-refractivity contribution in [2.24, 2.45) is 0 Å². The van der Waals surface area contributed by atoms with Crippen LogP contribution in [0.3, 0.4) is 0 Å². The molecule has 1 aromatic carbocycles. The Morgan fingerprint density at radius 3 is 2.71 bits per heavy atom. The Balaban J connectivity index is 2.01. The highest BCUT2D eigenvalue weighted by Crippen LogP contribution is 2.15. The molecule has 1 unspecified atom stereocenters. The van der Waals surface area contributed by atoms with Crippen LogP contribution < -0.4 is 0 Å². The van der Waals surface area contributed by atoms with Crippen LogP contribution in [0.15, 0.2) is 18.2 Å². The number of hydrogen-bond donors (Lipinski definition) is 0. The molecule has 0 saturated carbocycles. The van der Waals surface area contributed by atoms with Gasteiger partial charge in [0.1, 0.15) is 11.6 Å². The number of hydrogen-bond acceptors (Lipinski definition) is 2. The Morgan fingerprint density at radius 1 is 1.29 bits per heavy atom. The Labute approximate surface area is 101 Å². The first-order chi connectivity index (χ1) is 8.06. The fraction of sp³-hybridized carbons (Fsp3) is 0.538. The van der Waals surface area contributed by atoms with Crippen molar-refractivity contribution in [2.75, 3.05) is 26.7 Å². The molecule has 0 radical (unpaired) electrons. The lowest BCUT2D eigenvalue weighted by Gasteiger charge is -2.37. The van der Waals surface area contributed by atoms with Crippen LogP contribution in [0.2, 0.25) is 0 Å². The number of nitrogens with zero attached hydrogens (tertiary/aromatic N) is 2. The van der Waals surface area contributed by atoms with Gasteiger partial charge in [-0.05, 0) is 20.0 Å². The lowest BCUT2D eigenvalue weighted by molar-refractivity contribution is 0.0991. The summed E-state index contributed by atoms with van der Waals surface area (Å²) in [5.41, 5.74) is 0.572. The highest BCUT2D eigenvalue weighted by Gasteiger charge is 2.21. The van der Waals surface area contributed by atoms with Gasteiger partial charge in [-0.3, -0.25) is 4.90 Å². The molecule has 1 fully saturated rings. The molecule has 0 aliphatic carbocycles. The summed E-state index contributed by atoms with van der Waals surface area (Å²) in [5, 5.41) is 0. The van der Waals surface area contributed by atoms with Gasteiger partial charge >= 0.3 is 0 Å². The molecule has 94 valence electrons. The van der Waals surface area contributed by atoms with Gasteiger partial charge in [-0.1, -0.05) is 6.07 Å². The van der Waals surface area contributed by atoms with Gasteiger partial charge in [-0.15, -0.1) is 0 Å². The second-order valence-corrected chi connectivity index (χ2v) is 4.80. The maximum Gasteiger partial charge on any atom is 0.130 e. The molecule has 0 amide bonds. The molecule has 1 aromatic rings. The monoisotopic (exact) mass is 240 g/mol. The van der Waals surface area contributed by atoms with E-state index in [2.05, 4.69) is 23.8 Å². The first-order valence-corrected chi connectivity index (χ1v) is 5.93. The van der Waals surface area contributed by atoms with Crippen LogP contribution in [0.4, 0.5) is 8.78 Å². The number of benzene rings is 1. The van der Waals surface area contributed by atoms with E-state index in [-0.39, 0.29) is 0 Å². The molecule has 0 spiro atoms. The summed E-state index contributed by atoms with van der Waals surface area (Å²) in [5.74, 6) is -0.963. The molecular weight excluding hydrogens is 222 g/mol. The lowest BCUT2D eigenvalue weighted by atomic mass is 10.1. The van der Waals surface area contributed by atoms with Crippen molar-refractivity contribution in [3.63, 3.8) is 0 Å². The van der Waals surface area contributed by atoms with Crippen LogP contribution in [0.25, 0.3) is 0 Å². The largest absolute Gasteiger partial charge is 0.301 e. The lowest BCUT2D eigenvalue weighted by Crippen LogP contribution is -2.49. The highest BCUT2D eigenvalue weighted by molar-refractivity contribution is 5.18. The van der Waals surface area contributed by atoms with Gasteiger partial charge in [-0.25, -0.2) is 8.78 Å². The normalized spacial score (nSPS) is 22.9. The van der Waals surface area contributed by atoms with E-state index in [1.807, 2.05) is 0 Å². The van der Waals surface area contributed by atoms with Crippen LogP contribution in [-0.4, -0.2) is 42.5 Å². The van der Waals surface area contributed by atoms with Crippen molar-refractivity contribution >= 4 is 0 Å². The van der Waals surface area contributed by atoms with Gasteiger partial charge in [0.05, 0.1) is 0 Å². The summed E-state index contributed by atoms with van der Waals surface area (Å²) in [6, 6.07) is 4.28. The summed E-state index contributed by atoms with van der Waals surface area (Å²) in [7, 11) is 2.10. The molecule has 0 N–H and O–H groups in total. The average molecular weight is 240 g/mol. The number of piperazine rings is 1. The van der Waals surface area contributed by atoms with Crippen LogP contribution in [-0.2, 0) is 6.54 Å². The minimum absolute atomic E-state index is 0.448. The van der Waals surface area contributed by atoms with E-state index in [0.717, 1.165) is 25.7 Å². The molecule has 1 atom stereocenters. The maximum atomic E-state index is 13.5. The molecule has 0 bridgehead atoms. The van der Waals surface area contributed by atoms with Gasteiger partial charge in [0.2, 0.25) is 0 Å². The van der Waals surface area contributed by atoms with Crippen LogP contribution in [0, 0.1) is 11.6 Å². The highest BCUT2D eigenvalue weighted by atomic mass is 19.1. The number of likely N-dealkylation sites (N-methyl/N-ethyl adjacent to an activating group) is 1. The van der Waals surface area contributed by atoms with Crippen molar-refractivity contribution in [2.45, 2.75) is 19.5 Å².